The standard InChI is InChI=1S/C18H14Cl2N2O4/c1-9-2-3-10(18(25)26)6-15(9)22-16(23)8-14(17(22)24)21-11-4-5-12(19)13(20)7-11/h2-7,14,21H,8H2,1H3,(H,25,26)/t14-/m1/s1. The van der Waals surface area contributed by atoms with Crippen molar-refractivity contribution < 1.29 is 19.5 Å². The number of imide groups is 1. The van der Waals surface area contributed by atoms with Crippen LogP contribution in [-0.2, 0) is 9.59 Å². The summed E-state index contributed by atoms with van der Waals surface area (Å²) in [6, 6.07) is 8.37. The van der Waals surface area contributed by atoms with E-state index >= 15 is 0 Å². The second-order valence-corrected chi connectivity index (χ2v) is 6.72. The molecule has 1 fully saturated rings. The summed E-state index contributed by atoms with van der Waals surface area (Å²) in [6.45, 7) is 1.71. The average molecular weight is 393 g/mol. The predicted octanol–water partition coefficient (Wildman–Crippen LogP) is 3.74. The molecule has 0 aliphatic carbocycles. The molecule has 134 valence electrons. The summed E-state index contributed by atoms with van der Waals surface area (Å²) < 4.78 is 0. The fraction of sp³-hybridized carbons (Fsp3) is 0.167. The number of halogens is 2. The molecule has 0 aromatic heterocycles. The van der Waals surface area contributed by atoms with Gasteiger partial charge in [-0.15, -0.1) is 0 Å². The molecule has 1 atom stereocenters. The van der Waals surface area contributed by atoms with Crippen molar-refractivity contribution in [1.29, 1.82) is 0 Å². The molecule has 3 rings (SSSR count). The fourth-order valence-corrected chi connectivity index (χ4v) is 3.07. The lowest BCUT2D eigenvalue weighted by molar-refractivity contribution is -0.121. The lowest BCUT2D eigenvalue weighted by Gasteiger charge is -2.18. The van der Waals surface area contributed by atoms with Crippen LogP contribution in [-0.4, -0.2) is 28.9 Å². The number of anilines is 2. The number of carboxylic acid groups (broad SMARTS) is 1. The summed E-state index contributed by atoms with van der Waals surface area (Å²) in [5, 5.41) is 12.8. The Kier molecular flexibility index (Phi) is 4.89. The highest BCUT2D eigenvalue weighted by molar-refractivity contribution is 6.42. The highest BCUT2D eigenvalue weighted by Crippen LogP contribution is 2.30. The van der Waals surface area contributed by atoms with Gasteiger partial charge in [0.15, 0.2) is 0 Å². The zero-order chi connectivity index (χ0) is 19.0. The highest BCUT2D eigenvalue weighted by Gasteiger charge is 2.40. The first-order valence-corrected chi connectivity index (χ1v) is 8.46. The van der Waals surface area contributed by atoms with Gasteiger partial charge in [-0.3, -0.25) is 9.59 Å². The molecular weight excluding hydrogens is 379 g/mol. The fourth-order valence-electron chi connectivity index (χ4n) is 2.77. The van der Waals surface area contributed by atoms with Gasteiger partial charge in [-0.05, 0) is 42.8 Å². The van der Waals surface area contributed by atoms with Crippen molar-refractivity contribution in [1.82, 2.24) is 0 Å². The highest BCUT2D eigenvalue weighted by atomic mass is 35.5. The number of amides is 2. The van der Waals surface area contributed by atoms with E-state index in [-0.39, 0.29) is 17.7 Å². The largest absolute Gasteiger partial charge is 0.478 e. The number of carbonyl (C=O) groups is 3. The monoisotopic (exact) mass is 392 g/mol. The predicted molar refractivity (Wildman–Crippen MR) is 99.1 cm³/mol. The molecule has 2 N–H and O–H groups in total. The van der Waals surface area contributed by atoms with Crippen molar-refractivity contribution in [3.63, 3.8) is 0 Å². The minimum atomic E-state index is -1.13. The van der Waals surface area contributed by atoms with E-state index in [1.165, 1.54) is 12.1 Å². The van der Waals surface area contributed by atoms with Crippen LogP contribution in [0.5, 0.6) is 0 Å². The number of carboxylic acids is 1. The van der Waals surface area contributed by atoms with Crippen LogP contribution in [0.15, 0.2) is 36.4 Å². The van der Waals surface area contributed by atoms with Crippen molar-refractivity contribution in [3.8, 4) is 0 Å². The quantitative estimate of drug-likeness (QED) is 0.773. The maximum absolute atomic E-state index is 12.7. The summed E-state index contributed by atoms with van der Waals surface area (Å²) >= 11 is 11.8. The van der Waals surface area contributed by atoms with E-state index in [1.54, 1.807) is 31.2 Å². The van der Waals surface area contributed by atoms with Gasteiger partial charge in [-0.1, -0.05) is 29.3 Å². The van der Waals surface area contributed by atoms with Gasteiger partial charge in [0, 0.05) is 5.69 Å². The third kappa shape index (κ3) is 3.38. The molecule has 2 aromatic carbocycles. The van der Waals surface area contributed by atoms with Crippen molar-refractivity contribution in [2.45, 2.75) is 19.4 Å². The third-order valence-corrected chi connectivity index (χ3v) is 4.84. The Balaban J connectivity index is 1.88. The van der Waals surface area contributed by atoms with Gasteiger partial charge in [0.2, 0.25) is 5.91 Å². The Morgan fingerprint density at radius 3 is 2.54 bits per heavy atom. The molecule has 8 heteroatoms. The topological polar surface area (TPSA) is 86.7 Å². The number of hydrogen-bond acceptors (Lipinski definition) is 4. The van der Waals surface area contributed by atoms with E-state index in [9.17, 15) is 14.4 Å². The number of nitrogens with zero attached hydrogens (tertiary/aromatic N) is 1. The van der Waals surface area contributed by atoms with Crippen LogP contribution in [0.25, 0.3) is 0 Å². The van der Waals surface area contributed by atoms with Gasteiger partial charge in [0.1, 0.15) is 6.04 Å². The van der Waals surface area contributed by atoms with Gasteiger partial charge >= 0.3 is 5.97 Å². The second kappa shape index (κ2) is 6.97. The normalized spacial score (nSPS) is 16.9. The SMILES string of the molecule is Cc1ccc(C(=O)O)cc1N1C(=O)C[C@@H](Nc2ccc(Cl)c(Cl)c2)C1=O. The van der Waals surface area contributed by atoms with Crippen LogP contribution in [0.3, 0.4) is 0 Å². The number of benzene rings is 2. The Bertz CT molecular complexity index is 929. The molecule has 0 bridgehead atoms. The number of aryl methyl sites for hydroxylation is 1. The summed E-state index contributed by atoms with van der Waals surface area (Å²) in [7, 11) is 0. The van der Waals surface area contributed by atoms with Crippen molar-refractivity contribution in [2.24, 2.45) is 0 Å². The van der Waals surface area contributed by atoms with Crippen LogP contribution in [0.2, 0.25) is 10.0 Å². The molecule has 0 radical (unpaired) electrons. The first-order chi connectivity index (χ1) is 12.3. The molecule has 6 nitrogen and oxygen atoms in total. The van der Waals surface area contributed by atoms with E-state index in [0.29, 0.717) is 21.3 Å². The Morgan fingerprint density at radius 2 is 1.88 bits per heavy atom. The second-order valence-electron chi connectivity index (χ2n) is 5.90. The summed E-state index contributed by atoms with van der Waals surface area (Å²) in [6.07, 6.45) is -0.0458. The Labute approximate surface area is 159 Å². The number of carbonyl (C=O) groups excluding carboxylic acids is 2. The number of hydrogen-bond donors (Lipinski definition) is 2. The van der Waals surface area contributed by atoms with Crippen molar-refractivity contribution in [3.05, 3.63) is 57.6 Å². The van der Waals surface area contributed by atoms with Crippen LogP contribution >= 0.6 is 23.2 Å². The van der Waals surface area contributed by atoms with E-state index in [0.717, 1.165) is 4.90 Å². The van der Waals surface area contributed by atoms with Gasteiger partial charge < -0.3 is 10.4 Å². The number of rotatable bonds is 4. The zero-order valence-corrected chi connectivity index (χ0v) is 15.1. The summed E-state index contributed by atoms with van der Waals surface area (Å²) in [5.74, 6) is -1.99. The van der Waals surface area contributed by atoms with Crippen LogP contribution < -0.4 is 10.2 Å². The first kappa shape index (κ1) is 18.2. The van der Waals surface area contributed by atoms with Gasteiger partial charge in [0.05, 0.1) is 27.7 Å². The lowest BCUT2D eigenvalue weighted by Crippen LogP contribution is -2.35. The number of nitrogens with one attached hydrogen (secondary N) is 1. The minimum Gasteiger partial charge on any atom is -0.478 e. The summed E-state index contributed by atoms with van der Waals surface area (Å²) in [4.78, 5) is 37.4. The molecule has 0 saturated carbocycles. The van der Waals surface area contributed by atoms with Crippen molar-refractivity contribution in [2.75, 3.05) is 10.2 Å². The summed E-state index contributed by atoms with van der Waals surface area (Å²) in [5.41, 5.74) is 1.47. The first-order valence-electron chi connectivity index (χ1n) is 7.70. The van der Waals surface area contributed by atoms with Gasteiger partial charge in [-0.2, -0.15) is 0 Å². The molecule has 0 unspecified atom stereocenters. The van der Waals surface area contributed by atoms with Crippen molar-refractivity contribution >= 4 is 52.4 Å². The zero-order valence-electron chi connectivity index (χ0n) is 13.6. The lowest BCUT2D eigenvalue weighted by atomic mass is 10.1. The van der Waals surface area contributed by atoms with E-state index in [4.69, 9.17) is 28.3 Å². The molecule has 0 spiro atoms. The molecule has 2 aromatic rings. The smallest absolute Gasteiger partial charge is 0.335 e. The maximum atomic E-state index is 12.7. The van der Waals surface area contributed by atoms with Crippen LogP contribution in [0, 0.1) is 6.92 Å². The van der Waals surface area contributed by atoms with E-state index < -0.39 is 23.8 Å². The Morgan fingerprint density at radius 1 is 1.15 bits per heavy atom. The molecule has 1 heterocycles. The van der Waals surface area contributed by atoms with Gasteiger partial charge in [-0.25, -0.2) is 9.69 Å². The molecular formula is C18H14Cl2N2O4. The molecule has 1 aliphatic heterocycles. The molecule has 1 saturated heterocycles. The van der Waals surface area contributed by atoms with E-state index in [1.807, 2.05) is 0 Å². The Hall–Kier alpha value is -2.57. The van der Waals surface area contributed by atoms with Crippen LogP contribution in [0.4, 0.5) is 11.4 Å². The maximum Gasteiger partial charge on any atom is 0.335 e. The molecule has 2 amide bonds. The van der Waals surface area contributed by atoms with Crippen LogP contribution in [0.1, 0.15) is 22.3 Å². The average Bonchev–Trinajstić information content (AvgIpc) is 2.85. The number of aromatic carboxylic acids is 1. The van der Waals surface area contributed by atoms with Gasteiger partial charge in [0.25, 0.3) is 5.91 Å². The molecule has 1 aliphatic rings. The van der Waals surface area contributed by atoms with E-state index in [2.05, 4.69) is 5.32 Å². The molecule has 26 heavy (non-hydrogen) atoms. The third-order valence-electron chi connectivity index (χ3n) is 4.10. The minimum absolute atomic E-state index is 0.00657.